The van der Waals surface area contributed by atoms with Crippen LogP contribution in [0.25, 0.3) is 0 Å². The van der Waals surface area contributed by atoms with Crippen molar-refractivity contribution >= 4 is 11.8 Å². The predicted octanol–water partition coefficient (Wildman–Crippen LogP) is 4.58. The number of thioether (sulfide) groups is 1. The number of fused-ring (bicyclic) bond motifs is 1. The first-order valence-electron chi connectivity index (χ1n) is 7.44. The molecule has 2 atom stereocenters. The van der Waals surface area contributed by atoms with Crippen molar-refractivity contribution in [1.29, 1.82) is 0 Å². The summed E-state index contributed by atoms with van der Waals surface area (Å²) in [5.41, 5.74) is 2.45. The summed E-state index contributed by atoms with van der Waals surface area (Å²) in [6.45, 7) is 2.18. The van der Waals surface area contributed by atoms with E-state index in [1.165, 1.54) is 16.5 Å². The maximum Gasteiger partial charge on any atom is 0.123 e. The van der Waals surface area contributed by atoms with E-state index in [1.807, 2.05) is 17.8 Å². The lowest BCUT2D eigenvalue weighted by Gasteiger charge is -2.29. The largest absolute Gasteiger partial charge is 0.307 e. The van der Waals surface area contributed by atoms with Gasteiger partial charge in [0.15, 0.2) is 0 Å². The molecule has 2 aromatic rings. The summed E-state index contributed by atoms with van der Waals surface area (Å²) in [5.74, 6) is 1.00. The molecule has 3 rings (SSSR count). The average molecular weight is 301 g/mol. The second kappa shape index (κ2) is 6.63. The van der Waals surface area contributed by atoms with Crippen LogP contribution < -0.4 is 5.32 Å². The molecule has 0 spiro atoms. The Labute approximate surface area is 130 Å². The second-order valence-electron chi connectivity index (χ2n) is 5.63. The van der Waals surface area contributed by atoms with Crippen molar-refractivity contribution in [2.45, 2.75) is 36.7 Å². The van der Waals surface area contributed by atoms with E-state index in [-0.39, 0.29) is 5.82 Å². The molecule has 0 saturated carbocycles. The number of hydrogen-bond acceptors (Lipinski definition) is 2. The quantitative estimate of drug-likeness (QED) is 0.887. The lowest BCUT2D eigenvalue weighted by molar-refractivity contribution is 0.437. The molecule has 1 aliphatic rings. The zero-order valence-corrected chi connectivity index (χ0v) is 13.0. The molecule has 1 N–H and O–H groups in total. The smallest absolute Gasteiger partial charge is 0.123 e. The summed E-state index contributed by atoms with van der Waals surface area (Å²) in [5, 5.41) is 3.71. The third kappa shape index (κ3) is 3.66. The normalized spacial score (nSPS) is 19.0. The molecule has 2 aromatic carbocycles. The average Bonchev–Trinajstić information content (AvgIpc) is 2.47. The lowest BCUT2D eigenvalue weighted by atomic mass is 10.0. The van der Waals surface area contributed by atoms with Crippen LogP contribution in [0, 0.1) is 5.82 Å². The van der Waals surface area contributed by atoms with Gasteiger partial charge in [-0.3, -0.25) is 0 Å². The second-order valence-corrected chi connectivity index (χ2v) is 6.77. The Morgan fingerprint density at radius 1 is 1.24 bits per heavy atom. The Morgan fingerprint density at radius 3 is 2.95 bits per heavy atom. The molecule has 110 valence electrons. The Kier molecular flexibility index (Phi) is 4.61. The fourth-order valence-electron chi connectivity index (χ4n) is 2.94. The Hall–Kier alpha value is -1.32. The van der Waals surface area contributed by atoms with Gasteiger partial charge in [-0.15, -0.1) is 11.8 Å². The van der Waals surface area contributed by atoms with Crippen molar-refractivity contribution in [2.24, 2.45) is 0 Å². The van der Waals surface area contributed by atoms with Gasteiger partial charge in [-0.05, 0) is 54.8 Å². The summed E-state index contributed by atoms with van der Waals surface area (Å²) in [6, 6.07) is 16.3. The topological polar surface area (TPSA) is 12.0 Å². The van der Waals surface area contributed by atoms with Gasteiger partial charge in [0.1, 0.15) is 5.82 Å². The minimum absolute atomic E-state index is 0.154. The van der Waals surface area contributed by atoms with Crippen molar-refractivity contribution in [3.8, 4) is 0 Å². The zero-order valence-electron chi connectivity index (χ0n) is 12.2. The molecule has 2 unspecified atom stereocenters. The number of halogens is 1. The van der Waals surface area contributed by atoms with Gasteiger partial charge in [0.25, 0.3) is 0 Å². The molecule has 1 heterocycles. The van der Waals surface area contributed by atoms with Gasteiger partial charge in [0.2, 0.25) is 0 Å². The zero-order chi connectivity index (χ0) is 14.7. The van der Waals surface area contributed by atoms with Gasteiger partial charge >= 0.3 is 0 Å². The molecular formula is C18H20FNS. The molecule has 0 radical (unpaired) electrons. The summed E-state index contributed by atoms with van der Waals surface area (Å²) in [4.78, 5) is 1.39. The highest BCUT2D eigenvalue weighted by molar-refractivity contribution is 7.99. The van der Waals surface area contributed by atoms with E-state index in [0.29, 0.717) is 12.1 Å². The molecule has 1 aliphatic heterocycles. The van der Waals surface area contributed by atoms with Crippen molar-refractivity contribution in [3.63, 3.8) is 0 Å². The van der Waals surface area contributed by atoms with Crippen LogP contribution in [-0.4, -0.2) is 11.8 Å². The molecule has 1 nitrogen and oxygen atoms in total. The summed E-state index contributed by atoms with van der Waals surface area (Å²) in [6.07, 6.45) is 2.00. The molecule has 21 heavy (non-hydrogen) atoms. The minimum atomic E-state index is -0.154. The van der Waals surface area contributed by atoms with E-state index in [4.69, 9.17) is 0 Å². The molecule has 3 heteroatoms. The number of hydrogen-bond donors (Lipinski definition) is 1. The van der Waals surface area contributed by atoms with Crippen LogP contribution in [0.5, 0.6) is 0 Å². The summed E-state index contributed by atoms with van der Waals surface area (Å²) < 4.78 is 13.3. The van der Waals surface area contributed by atoms with Gasteiger partial charge in [0.05, 0.1) is 0 Å². The van der Waals surface area contributed by atoms with Crippen LogP contribution in [0.1, 0.15) is 30.5 Å². The Bertz CT molecular complexity index is 614. The number of nitrogens with one attached hydrogen (secondary N) is 1. The summed E-state index contributed by atoms with van der Waals surface area (Å²) >= 11 is 1.94. The monoisotopic (exact) mass is 301 g/mol. The minimum Gasteiger partial charge on any atom is -0.307 e. The standard InChI is InChI=1S/C18H20FNS/c1-13(11-14-5-4-6-15(19)12-14)20-17-9-10-21-18-8-3-2-7-16(17)18/h2-8,12-13,17,20H,9-11H2,1H3. The molecular weight excluding hydrogens is 281 g/mol. The fraction of sp³-hybridized carbons (Fsp3) is 0.333. The van der Waals surface area contributed by atoms with E-state index >= 15 is 0 Å². The third-order valence-corrected chi connectivity index (χ3v) is 5.00. The fourth-order valence-corrected chi connectivity index (χ4v) is 4.06. The van der Waals surface area contributed by atoms with Crippen molar-refractivity contribution in [3.05, 3.63) is 65.5 Å². The molecule has 0 aliphatic carbocycles. The van der Waals surface area contributed by atoms with E-state index in [9.17, 15) is 4.39 Å². The van der Waals surface area contributed by atoms with Gasteiger partial charge < -0.3 is 5.32 Å². The highest BCUT2D eigenvalue weighted by Gasteiger charge is 2.21. The van der Waals surface area contributed by atoms with E-state index < -0.39 is 0 Å². The SMILES string of the molecule is CC(Cc1cccc(F)c1)NC1CCSc2ccccc21. The Morgan fingerprint density at radius 2 is 2.10 bits per heavy atom. The first kappa shape index (κ1) is 14.6. The maximum atomic E-state index is 13.3. The first-order chi connectivity index (χ1) is 10.2. The van der Waals surface area contributed by atoms with E-state index in [2.05, 4.69) is 36.5 Å². The molecule has 0 aromatic heterocycles. The lowest BCUT2D eigenvalue weighted by Crippen LogP contribution is -2.33. The molecule has 0 fully saturated rings. The van der Waals surface area contributed by atoms with Crippen LogP contribution in [-0.2, 0) is 6.42 Å². The van der Waals surface area contributed by atoms with Crippen LogP contribution >= 0.6 is 11.8 Å². The molecule has 0 amide bonds. The third-order valence-electron chi connectivity index (χ3n) is 3.88. The highest BCUT2D eigenvalue weighted by atomic mass is 32.2. The predicted molar refractivity (Wildman–Crippen MR) is 87.2 cm³/mol. The van der Waals surface area contributed by atoms with Crippen molar-refractivity contribution in [1.82, 2.24) is 5.32 Å². The Balaban J connectivity index is 1.67. The summed E-state index contributed by atoms with van der Waals surface area (Å²) in [7, 11) is 0. The highest BCUT2D eigenvalue weighted by Crippen LogP contribution is 2.36. The van der Waals surface area contributed by atoms with Gasteiger partial charge in [-0.2, -0.15) is 0 Å². The van der Waals surface area contributed by atoms with E-state index in [0.717, 1.165) is 24.2 Å². The van der Waals surface area contributed by atoms with Crippen LogP contribution in [0.15, 0.2) is 53.4 Å². The van der Waals surface area contributed by atoms with Crippen molar-refractivity contribution in [2.75, 3.05) is 5.75 Å². The van der Waals surface area contributed by atoms with Crippen LogP contribution in [0.2, 0.25) is 0 Å². The molecule has 0 bridgehead atoms. The maximum absolute atomic E-state index is 13.3. The van der Waals surface area contributed by atoms with Gasteiger partial charge in [-0.1, -0.05) is 30.3 Å². The molecule has 0 saturated heterocycles. The van der Waals surface area contributed by atoms with Crippen LogP contribution in [0.3, 0.4) is 0 Å². The number of rotatable bonds is 4. The van der Waals surface area contributed by atoms with Crippen LogP contribution in [0.4, 0.5) is 4.39 Å². The first-order valence-corrected chi connectivity index (χ1v) is 8.43. The number of benzene rings is 2. The van der Waals surface area contributed by atoms with E-state index in [1.54, 1.807) is 12.1 Å². The van der Waals surface area contributed by atoms with Crippen molar-refractivity contribution < 1.29 is 4.39 Å². The van der Waals surface area contributed by atoms with Gasteiger partial charge in [-0.25, -0.2) is 4.39 Å². The van der Waals surface area contributed by atoms with Gasteiger partial charge in [0, 0.05) is 17.0 Å².